The smallest absolute Gasteiger partial charge is 0.408 e. The summed E-state index contributed by atoms with van der Waals surface area (Å²) in [4.78, 5) is 12.7. The molecule has 1 atom stereocenters. The molecular formula is C16H16N2O2S. The minimum Gasteiger partial charge on any atom is -0.408 e. The highest BCUT2D eigenvalue weighted by molar-refractivity contribution is 7.98. The summed E-state index contributed by atoms with van der Waals surface area (Å²) in [6.45, 7) is 0. The third-order valence-electron chi connectivity index (χ3n) is 3.65. The van der Waals surface area contributed by atoms with Crippen molar-refractivity contribution in [2.24, 2.45) is 12.8 Å². The summed E-state index contributed by atoms with van der Waals surface area (Å²) < 4.78 is 6.69. The van der Waals surface area contributed by atoms with Crippen LogP contribution < -0.4 is 11.5 Å². The standard InChI is InChI=1S/C16H16N2O2S/c1-18-13-8-5-11(9-14(13)20-16(18)19)15(17)10-3-6-12(21-2)7-4-10/h3-9,15H,17H2,1-2H3. The van der Waals surface area contributed by atoms with Crippen LogP contribution in [-0.4, -0.2) is 10.8 Å². The first kappa shape index (κ1) is 14.0. The van der Waals surface area contributed by atoms with Crippen molar-refractivity contribution < 1.29 is 4.42 Å². The fourth-order valence-electron chi connectivity index (χ4n) is 2.35. The Morgan fingerprint density at radius 3 is 2.48 bits per heavy atom. The van der Waals surface area contributed by atoms with Gasteiger partial charge >= 0.3 is 5.76 Å². The maximum Gasteiger partial charge on any atom is 0.419 e. The monoisotopic (exact) mass is 300 g/mol. The summed E-state index contributed by atoms with van der Waals surface area (Å²) >= 11 is 1.70. The quantitative estimate of drug-likeness (QED) is 0.756. The number of hydrogen-bond donors (Lipinski definition) is 1. The molecule has 0 amide bonds. The molecule has 1 heterocycles. The minimum absolute atomic E-state index is 0.240. The largest absolute Gasteiger partial charge is 0.419 e. The third kappa shape index (κ3) is 2.50. The lowest BCUT2D eigenvalue weighted by Gasteiger charge is -2.13. The summed E-state index contributed by atoms with van der Waals surface area (Å²) in [5, 5.41) is 0. The average molecular weight is 300 g/mol. The fraction of sp³-hybridized carbons (Fsp3) is 0.188. The molecule has 5 heteroatoms. The molecule has 4 nitrogen and oxygen atoms in total. The number of fused-ring (bicyclic) bond motifs is 1. The molecule has 0 aliphatic heterocycles. The molecule has 0 saturated carbocycles. The van der Waals surface area contributed by atoms with E-state index in [1.165, 1.54) is 9.46 Å². The first-order chi connectivity index (χ1) is 10.1. The number of oxazole rings is 1. The minimum atomic E-state index is -0.361. The van der Waals surface area contributed by atoms with Crippen LogP contribution in [0.1, 0.15) is 17.2 Å². The van der Waals surface area contributed by atoms with Crippen LogP contribution in [0.4, 0.5) is 0 Å². The summed E-state index contributed by atoms with van der Waals surface area (Å²) in [5.74, 6) is -0.361. The molecule has 3 rings (SSSR count). The summed E-state index contributed by atoms with van der Waals surface area (Å²) in [5.41, 5.74) is 9.61. The molecule has 3 aromatic rings. The van der Waals surface area contributed by atoms with Crippen molar-refractivity contribution in [3.05, 3.63) is 64.1 Å². The van der Waals surface area contributed by atoms with E-state index in [0.717, 1.165) is 16.6 Å². The lowest BCUT2D eigenvalue weighted by molar-refractivity contribution is 0.527. The van der Waals surface area contributed by atoms with Crippen molar-refractivity contribution >= 4 is 22.9 Å². The second-order valence-electron chi connectivity index (χ2n) is 4.90. The summed E-state index contributed by atoms with van der Waals surface area (Å²) in [6.07, 6.45) is 2.04. The normalized spacial score (nSPS) is 12.7. The Labute approximate surface area is 126 Å². The molecule has 0 bridgehead atoms. The van der Waals surface area contributed by atoms with Gasteiger partial charge in [-0.25, -0.2) is 4.79 Å². The number of aromatic nitrogens is 1. The van der Waals surface area contributed by atoms with Gasteiger partial charge in [0.2, 0.25) is 0 Å². The molecule has 0 saturated heterocycles. The Morgan fingerprint density at radius 1 is 1.14 bits per heavy atom. The first-order valence-corrected chi connectivity index (χ1v) is 7.81. The van der Waals surface area contributed by atoms with Crippen molar-refractivity contribution in [3.8, 4) is 0 Å². The van der Waals surface area contributed by atoms with Gasteiger partial charge in [0.1, 0.15) is 0 Å². The van der Waals surface area contributed by atoms with E-state index in [9.17, 15) is 4.79 Å². The molecule has 21 heavy (non-hydrogen) atoms. The van der Waals surface area contributed by atoms with Gasteiger partial charge in [0.25, 0.3) is 0 Å². The fourth-order valence-corrected chi connectivity index (χ4v) is 2.76. The Balaban J connectivity index is 2.00. The van der Waals surface area contributed by atoms with Gasteiger partial charge in [-0.15, -0.1) is 11.8 Å². The first-order valence-electron chi connectivity index (χ1n) is 6.59. The lowest BCUT2D eigenvalue weighted by atomic mass is 9.99. The highest BCUT2D eigenvalue weighted by Gasteiger charge is 2.12. The van der Waals surface area contributed by atoms with E-state index >= 15 is 0 Å². The van der Waals surface area contributed by atoms with Crippen molar-refractivity contribution in [2.45, 2.75) is 10.9 Å². The van der Waals surface area contributed by atoms with Gasteiger partial charge in [-0.1, -0.05) is 18.2 Å². The van der Waals surface area contributed by atoms with E-state index in [1.807, 2.05) is 36.6 Å². The predicted octanol–water partition coefficient (Wildman–Crippen LogP) is 2.90. The topological polar surface area (TPSA) is 61.2 Å². The Kier molecular flexibility index (Phi) is 3.61. The zero-order valence-corrected chi connectivity index (χ0v) is 12.7. The van der Waals surface area contributed by atoms with E-state index < -0.39 is 0 Å². The van der Waals surface area contributed by atoms with Crippen LogP contribution in [-0.2, 0) is 7.05 Å². The molecule has 0 spiro atoms. The second-order valence-corrected chi connectivity index (χ2v) is 5.78. The maximum absolute atomic E-state index is 11.5. The van der Waals surface area contributed by atoms with Gasteiger partial charge in [0.15, 0.2) is 5.58 Å². The Bertz CT molecular complexity index is 834. The number of benzene rings is 2. The number of thioether (sulfide) groups is 1. The number of nitrogens with zero attached hydrogens (tertiary/aromatic N) is 1. The average Bonchev–Trinajstić information content (AvgIpc) is 2.81. The lowest BCUT2D eigenvalue weighted by Crippen LogP contribution is -2.11. The molecular weight excluding hydrogens is 284 g/mol. The van der Waals surface area contributed by atoms with Gasteiger partial charge in [-0.3, -0.25) is 4.57 Å². The van der Waals surface area contributed by atoms with E-state index in [4.69, 9.17) is 10.2 Å². The van der Waals surface area contributed by atoms with E-state index in [-0.39, 0.29) is 11.8 Å². The van der Waals surface area contributed by atoms with Crippen LogP contribution in [0, 0.1) is 0 Å². The van der Waals surface area contributed by atoms with Crippen molar-refractivity contribution in [2.75, 3.05) is 6.26 Å². The summed E-state index contributed by atoms with van der Waals surface area (Å²) in [6, 6.07) is 13.6. The van der Waals surface area contributed by atoms with Crippen molar-refractivity contribution in [1.82, 2.24) is 4.57 Å². The van der Waals surface area contributed by atoms with Gasteiger partial charge in [-0.05, 0) is 41.6 Å². The molecule has 0 aliphatic rings. The summed E-state index contributed by atoms with van der Waals surface area (Å²) in [7, 11) is 1.69. The van der Waals surface area contributed by atoms with Crippen LogP contribution in [0.5, 0.6) is 0 Å². The number of nitrogens with two attached hydrogens (primary N) is 1. The number of aryl methyl sites for hydroxylation is 1. The zero-order chi connectivity index (χ0) is 15.0. The van der Waals surface area contributed by atoms with Crippen molar-refractivity contribution in [1.29, 1.82) is 0 Å². The van der Waals surface area contributed by atoms with E-state index in [0.29, 0.717) is 5.58 Å². The highest BCUT2D eigenvalue weighted by atomic mass is 32.2. The Hall–Kier alpha value is -1.98. The highest BCUT2D eigenvalue weighted by Crippen LogP contribution is 2.25. The molecule has 108 valence electrons. The van der Waals surface area contributed by atoms with Crippen molar-refractivity contribution in [3.63, 3.8) is 0 Å². The number of hydrogen-bond acceptors (Lipinski definition) is 4. The van der Waals surface area contributed by atoms with Gasteiger partial charge in [0.05, 0.1) is 11.6 Å². The second kappa shape index (κ2) is 5.42. The SMILES string of the molecule is CSc1ccc(C(N)c2ccc3c(c2)oc(=O)n3C)cc1. The van der Waals surface area contributed by atoms with Crippen LogP contribution in [0.2, 0.25) is 0 Å². The molecule has 2 aromatic carbocycles. The molecule has 0 aliphatic carbocycles. The van der Waals surface area contributed by atoms with Gasteiger partial charge in [0, 0.05) is 11.9 Å². The Morgan fingerprint density at radius 2 is 1.81 bits per heavy atom. The predicted molar refractivity (Wildman–Crippen MR) is 85.7 cm³/mol. The maximum atomic E-state index is 11.5. The molecule has 1 unspecified atom stereocenters. The number of rotatable bonds is 3. The van der Waals surface area contributed by atoms with Gasteiger partial charge < -0.3 is 10.2 Å². The third-order valence-corrected chi connectivity index (χ3v) is 4.39. The van der Waals surface area contributed by atoms with Gasteiger partial charge in [-0.2, -0.15) is 0 Å². The van der Waals surface area contributed by atoms with Crippen LogP contribution >= 0.6 is 11.8 Å². The van der Waals surface area contributed by atoms with Crippen LogP contribution in [0.25, 0.3) is 11.1 Å². The van der Waals surface area contributed by atoms with Crippen LogP contribution in [0.15, 0.2) is 56.6 Å². The molecule has 0 radical (unpaired) electrons. The van der Waals surface area contributed by atoms with E-state index in [2.05, 4.69) is 12.1 Å². The van der Waals surface area contributed by atoms with Crippen LogP contribution in [0.3, 0.4) is 0 Å². The molecule has 2 N–H and O–H groups in total. The molecule has 0 fully saturated rings. The van der Waals surface area contributed by atoms with E-state index in [1.54, 1.807) is 18.8 Å². The zero-order valence-electron chi connectivity index (χ0n) is 11.9. The molecule has 1 aromatic heterocycles.